The van der Waals surface area contributed by atoms with E-state index in [-0.39, 0.29) is 11.3 Å². The first kappa shape index (κ1) is 9.97. The summed E-state index contributed by atoms with van der Waals surface area (Å²) in [5, 5.41) is 0. The number of hydrogen-bond donors (Lipinski definition) is 1. The Morgan fingerprint density at radius 1 is 1.29 bits per heavy atom. The summed E-state index contributed by atoms with van der Waals surface area (Å²) in [6.45, 7) is 6.20. The smallest absolute Gasteiger partial charge is 0.242 e. The van der Waals surface area contributed by atoms with Gasteiger partial charge in [0.25, 0.3) is 0 Å². The molecule has 2 N–H and O–H groups in total. The molecule has 1 heterocycles. The van der Waals surface area contributed by atoms with Crippen LogP contribution in [-0.4, -0.2) is 29.4 Å². The van der Waals surface area contributed by atoms with Gasteiger partial charge < -0.3 is 10.6 Å². The first-order valence-corrected chi connectivity index (χ1v) is 5.51. The van der Waals surface area contributed by atoms with Crippen LogP contribution in [0.15, 0.2) is 0 Å². The van der Waals surface area contributed by atoms with Crippen molar-refractivity contribution in [3.05, 3.63) is 0 Å². The number of nitrogens with two attached hydrogens (primary N) is 1. The number of rotatable bonds is 1. The molecule has 2 rings (SSSR count). The van der Waals surface area contributed by atoms with E-state index in [1.165, 1.54) is 0 Å². The second-order valence-electron chi connectivity index (χ2n) is 5.65. The topological polar surface area (TPSA) is 46.3 Å². The molecule has 0 aromatic heterocycles. The molecule has 1 aliphatic heterocycles. The maximum atomic E-state index is 12.0. The van der Waals surface area contributed by atoms with Crippen LogP contribution in [0.2, 0.25) is 0 Å². The molecule has 0 bridgehead atoms. The van der Waals surface area contributed by atoms with Gasteiger partial charge in [-0.15, -0.1) is 0 Å². The van der Waals surface area contributed by atoms with Crippen LogP contribution in [0, 0.1) is 5.41 Å². The summed E-state index contributed by atoms with van der Waals surface area (Å²) in [5.41, 5.74) is 5.81. The monoisotopic (exact) mass is 196 g/mol. The fourth-order valence-corrected chi connectivity index (χ4v) is 2.37. The standard InChI is InChI=1S/C11H20N2O/c1-10(2)6-7-13(8-10)9(14)11(12)4-3-5-11/h3-8,12H2,1-2H3. The average Bonchev–Trinajstić information content (AvgIpc) is 2.40. The van der Waals surface area contributed by atoms with Crippen molar-refractivity contribution in [1.82, 2.24) is 4.90 Å². The molecule has 0 unspecified atom stereocenters. The summed E-state index contributed by atoms with van der Waals surface area (Å²) in [6, 6.07) is 0. The molecule has 1 saturated heterocycles. The van der Waals surface area contributed by atoms with Gasteiger partial charge in [-0.25, -0.2) is 0 Å². The zero-order chi connectivity index (χ0) is 10.4. The van der Waals surface area contributed by atoms with Gasteiger partial charge in [0.15, 0.2) is 0 Å². The Bertz CT molecular complexity index is 256. The van der Waals surface area contributed by atoms with Gasteiger partial charge in [-0.1, -0.05) is 13.8 Å². The van der Waals surface area contributed by atoms with E-state index in [4.69, 9.17) is 5.73 Å². The van der Waals surface area contributed by atoms with E-state index < -0.39 is 5.54 Å². The summed E-state index contributed by atoms with van der Waals surface area (Å²) in [7, 11) is 0. The first-order chi connectivity index (χ1) is 6.43. The maximum absolute atomic E-state index is 12.0. The van der Waals surface area contributed by atoms with Crippen molar-refractivity contribution in [3.8, 4) is 0 Å². The highest BCUT2D eigenvalue weighted by Crippen LogP contribution is 2.35. The summed E-state index contributed by atoms with van der Waals surface area (Å²) in [6.07, 6.45) is 3.97. The highest BCUT2D eigenvalue weighted by atomic mass is 16.2. The van der Waals surface area contributed by atoms with Crippen LogP contribution in [0.1, 0.15) is 39.5 Å². The highest BCUT2D eigenvalue weighted by Gasteiger charge is 2.45. The molecule has 1 aliphatic carbocycles. The Morgan fingerprint density at radius 2 is 1.93 bits per heavy atom. The summed E-state index contributed by atoms with van der Waals surface area (Å²) >= 11 is 0. The van der Waals surface area contributed by atoms with Crippen molar-refractivity contribution in [3.63, 3.8) is 0 Å². The van der Waals surface area contributed by atoms with E-state index in [0.717, 1.165) is 38.8 Å². The largest absolute Gasteiger partial charge is 0.341 e. The van der Waals surface area contributed by atoms with E-state index >= 15 is 0 Å². The summed E-state index contributed by atoms with van der Waals surface area (Å²) in [5.74, 6) is 0.189. The molecule has 14 heavy (non-hydrogen) atoms. The zero-order valence-corrected chi connectivity index (χ0v) is 9.18. The molecule has 0 aromatic carbocycles. The number of hydrogen-bond acceptors (Lipinski definition) is 2. The SMILES string of the molecule is CC1(C)CCN(C(=O)C2(N)CCC2)C1. The second-order valence-corrected chi connectivity index (χ2v) is 5.65. The van der Waals surface area contributed by atoms with Crippen LogP contribution >= 0.6 is 0 Å². The molecule has 80 valence electrons. The molecule has 2 fully saturated rings. The Labute approximate surface area is 85.6 Å². The Kier molecular flexibility index (Phi) is 2.11. The minimum Gasteiger partial charge on any atom is -0.341 e. The van der Waals surface area contributed by atoms with Crippen molar-refractivity contribution in [2.45, 2.75) is 45.1 Å². The normalized spacial score (nSPS) is 28.6. The van der Waals surface area contributed by atoms with Gasteiger partial charge in [-0.05, 0) is 31.1 Å². The molecule has 0 atom stereocenters. The molecule has 1 amide bonds. The molecule has 3 heteroatoms. The molecule has 0 spiro atoms. The van der Waals surface area contributed by atoms with Crippen LogP contribution < -0.4 is 5.73 Å². The molecular weight excluding hydrogens is 176 g/mol. The quantitative estimate of drug-likeness (QED) is 0.683. The third-order valence-electron chi connectivity index (χ3n) is 3.64. The molecule has 3 nitrogen and oxygen atoms in total. The van der Waals surface area contributed by atoms with Crippen LogP contribution in [-0.2, 0) is 4.79 Å². The molecule has 0 radical (unpaired) electrons. The second kappa shape index (κ2) is 2.96. The van der Waals surface area contributed by atoms with E-state index in [1.807, 2.05) is 4.90 Å². The van der Waals surface area contributed by atoms with Gasteiger partial charge in [0.1, 0.15) is 0 Å². The van der Waals surface area contributed by atoms with Gasteiger partial charge in [0.2, 0.25) is 5.91 Å². The number of carbonyl (C=O) groups excluding carboxylic acids is 1. The predicted octanol–water partition coefficient (Wildman–Crippen LogP) is 1.13. The van der Waals surface area contributed by atoms with Gasteiger partial charge in [0, 0.05) is 13.1 Å². The third kappa shape index (κ3) is 1.54. The van der Waals surface area contributed by atoms with E-state index in [9.17, 15) is 4.79 Å². The number of amides is 1. The lowest BCUT2D eigenvalue weighted by atomic mass is 9.76. The van der Waals surface area contributed by atoms with Gasteiger partial charge in [-0.3, -0.25) is 4.79 Å². The fraction of sp³-hybridized carbons (Fsp3) is 0.909. The lowest BCUT2D eigenvalue weighted by Gasteiger charge is -2.39. The number of likely N-dealkylation sites (tertiary alicyclic amines) is 1. The Hall–Kier alpha value is -0.570. The highest BCUT2D eigenvalue weighted by molar-refractivity contribution is 5.87. The minimum absolute atomic E-state index is 0.189. The van der Waals surface area contributed by atoms with Gasteiger partial charge in [0.05, 0.1) is 5.54 Å². The fourth-order valence-electron chi connectivity index (χ4n) is 2.37. The lowest BCUT2D eigenvalue weighted by molar-refractivity contribution is -0.139. The minimum atomic E-state index is -0.500. The number of nitrogens with zero attached hydrogens (tertiary/aromatic N) is 1. The summed E-state index contributed by atoms with van der Waals surface area (Å²) < 4.78 is 0. The van der Waals surface area contributed by atoms with Crippen LogP contribution in [0.3, 0.4) is 0 Å². The Balaban J connectivity index is 2.00. The van der Waals surface area contributed by atoms with E-state index in [1.54, 1.807) is 0 Å². The van der Waals surface area contributed by atoms with Crippen molar-refractivity contribution < 1.29 is 4.79 Å². The van der Waals surface area contributed by atoms with E-state index in [2.05, 4.69) is 13.8 Å². The van der Waals surface area contributed by atoms with Crippen molar-refractivity contribution in [2.75, 3.05) is 13.1 Å². The molecule has 2 aliphatic rings. The van der Waals surface area contributed by atoms with Crippen molar-refractivity contribution in [1.29, 1.82) is 0 Å². The van der Waals surface area contributed by atoms with Crippen molar-refractivity contribution >= 4 is 5.91 Å². The lowest BCUT2D eigenvalue weighted by Crippen LogP contribution is -2.59. The predicted molar refractivity (Wildman–Crippen MR) is 55.7 cm³/mol. The third-order valence-corrected chi connectivity index (χ3v) is 3.64. The van der Waals surface area contributed by atoms with Gasteiger partial charge in [-0.2, -0.15) is 0 Å². The molecule has 0 aromatic rings. The average molecular weight is 196 g/mol. The Morgan fingerprint density at radius 3 is 2.29 bits per heavy atom. The zero-order valence-electron chi connectivity index (χ0n) is 9.18. The number of carbonyl (C=O) groups is 1. The van der Waals surface area contributed by atoms with Crippen LogP contribution in [0.25, 0.3) is 0 Å². The van der Waals surface area contributed by atoms with Crippen LogP contribution in [0.5, 0.6) is 0 Å². The van der Waals surface area contributed by atoms with E-state index in [0.29, 0.717) is 0 Å². The summed E-state index contributed by atoms with van der Waals surface area (Å²) in [4.78, 5) is 14.0. The van der Waals surface area contributed by atoms with Crippen molar-refractivity contribution in [2.24, 2.45) is 11.1 Å². The van der Waals surface area contributed by atoms with Crippen LogP contribution in [0.4, 0.5) is 0 Å². The first-order valence-electron chi connectivity index (χ1n) is 5.51. The molecular formula is C11H20N2O. The van der Waals surface area contributed by atoms with Gasteiger partial charge >= 0.3 is 0 Å². The maximum Gasteiger partial charge on any atom is 0.242 e. The molecule has 1 saturated carbocycles.